The van der Waals surface area contributed by atoms with Crippen LogP contribution in [0.4, 0.5) is 0 Å². The van der Waals surface area contributed by atoms with Gasteiger partial charge in [-0.05, 0) is 31.5 Å². The summed E-state index contributed by atoms with van der Waals surface area (Å²) in [6.07, 6.45) is 3.23. The van der Waals surface area contributed by atoms with Crippen molar-refractivity contribution < 1.29 is 19.5 Å². The van der Waals surface area contributed by atoms with Crippen molar-refractivity contribution in [2.75, 3.05) is 0 Å². The van der Waals surface area contributed by atoms with E-state index in [2.05, 4.69) is 5.32 Å². The van der Waals surface area contributed by atoms with Crippen molar-refractivity contribution in [3.05, 3.63) is 40.9 Å². The normalized spacial score (nSPS) is 27.2. The molecule has 4 atom stereocenters. The molecule has 9 heteroatoms. The lowest BCUT2D eigenvalue weighted by Crippen LogP contribution is -2.71. The number of rotatable bonds is 5. The van der Waals surface area contributed by atoms with Crippen molar-refractivity contribution in [2.24, 2.45) is 5.73 Å². The van der Waals surface area contributed by atoms with Crippen molar-refractivity contribution in [2.45, 2.75) is 42.1 Å². The first kappa shape index (κ1) is 19.7. The van der Waals surface area contributed by atoms with Crippen LogP contribution in [0, 0.1) is 0 Å². The summed E-state index contributed by atoms with van der Waals surface area (Å²) in [6.45, 7) is 3.56. The summed E-state index contributed by atoms with van der Waals surface area (Å²) >= 11 is 7.19. The molecule has 0 bridgehead atoms. The SMILES string of the molecule is CC1(C)S[C@@H]2[C@@H](NC(=O)C(N)/C=C/c3ccc(Cl)cc3)C(=O)N2[C@H]1C(=O)O. The Hall–Kier alpha value is -2.03. The van der Waals surface area contributed by atoms with Crippen LogP contribution in [0.25, 0.3) is 6.08 Å². The number of nitrogens with zero attached hydrogens (tertiary/aromatic N) is 1. The van der Waals surface area contributed by atoms with Gasteiger partial charge < -0.3 is 21.1 Å². The number of hydrogen-bond donors (Lipinski definition) is 3. The average molecular weight is 410 g/mol. The molecule has 0 aliphatic carbocycles. The van der Waals surface area contributed by atoms with Crippen LogP contribution in [-0.4, -0.2) is 56.0 Å². The Kier molecular flexibility index (Phi) is 5.24. The summed E-state index contributed by atoms with van der Waals surface area (Å²) < 4.78 is -0.637. The average Bonchev–Trinajstić information content (AvgIpc) is 2.86. The molecule has 2 aliphatic rings. The van der Waals surface area contributed by atoms with Crippen LogP contribution < -0.4 is 11.1 Å². The number of hydrogen-bond acceptors (Lipinski definition) is 5. The van der Waals surface area contributed by atoms with Crippen molar-refractivity contribution in [3.8, 4) is 0 Å². The molecule has 144 valence electrons. The third-order valence-corrected chi connectivity index (χ3v) is 6.46. The van der Waals surface area contributed by atoms with E-state index in [1.54, 1.807) is 44.2 Å². The van der Waals surface area contributed by atoms with Crippen molar-refractivity contribution in [3.63, 3.8) is 0 Å². The molecule has 3 rings (SSSR count). The van der Waals surface area contributed by atoms with Crippen LogP contribution in [0.15, 0.2) is 30.3 Å². The van der Waals surface area contributed by atoms with Crippen LogP contribution in [0.5, 0.6) is 0 Å². The molecule has 1 aromatic carbocycles. The summed E-state index contributed by atoms with van der Waals surface area (Å²) in [6, 6.07) is 4.43. The molecule has 0 spiro atoms. The summed E-state index contributed by atoms with van der Waals surface area (Å²) in [5, 5.41) is 12.3. The lowest BCUT2D eigenvalue weighted by Gasteiger charge is -2.43. The first-order valence-corrected chi connectivity index (χ1v) is 9.60. The minimum Gasteiger partial charge on any atom is -0.480 e. The smallest absolute Gasteiger partial charge is 0.327 e. The molecule has 7 nitrogen and oxygen atoms in total. The number of carboxylic acid groups (broad SMARTS) is 1. The highest BCUT2D eigenvalue weighted by Gasteiger charge is 2.64. The Morgan fingerprint density at radius 1 is 1.37 bits per heavy atom. The fourth-order valence-corrected chi connectivity index (χ4v) is 5.02. The maximum Gasteiger partial charge on any atom is 0.327 e. The van der Waals surface area contributed by atoms with Crippen LogP contribution in [0.1, 0.15) is 19.4 Å². The number of fused-ring (bicyclic) bond motifs is 1. The van der Waals surface area contributed by atoms with Gasteiger partial charge in [0.15, 0.2) is 0 Å². The van der Waals surface area contributed by atoms with Crippen LogP contribution in [0.2, 0.25) is 5.02 Å². The second-order valence-electron chi connectivity index (χ2n) is 7.02. The number of amides is 2. The summed E-state index contributed by atoms with van der Waals surface area (Å²) in [5.74, 6) is -1.93. The number of aliphatic carboxylic acids is 1. The van der Waals surface area contributed by atoms with Crippen molar-refractivity contribution in [1.82, 2.24) is 10.2 Å². The zero-order valence-corrected chi connectivity index (χ0v) is 16.3. The second kappa shape index (κ2) is 7.18. The Labute approximate surface area is 165 Å². The Bertz CT molecular complexity index is 811. The molecule has 4 N–H and O–H groups in total. The van der Waals surface area contributed by atoms with Gasteiger partial charge in [0.2, 0.25) is 11.8 Å². The summed E-state index contributed by atoms with van der Waals surface area (Å²) in [5.41, 5.74) is 6.72. The highest BCUT2D eigenvalue weighted by Crippen LogP contribution is 2.50. The minimum atomic E-state index is -1.05. The van der Waals surface area contributed by atoms with Gasteiger partial charge in [-0.3, -0.25) is 9.59 Å². The van der Waals surface area contributed by atoms with Gasteiger partial charge in [-0.15, -0.1) is 11.8 Å². The summed E-state index contributed by atoms with van der Waals surface area (Å²) in [7, 11) is 0. The molecule has 0 aromatic heterocycles. The van der Waals surface area contributed by atoms with E-state index in [1.807, 2.05) is 0 Å². The molecule has 2 heterocycles. The number of carbonyl (C=O) groups excluding carboxylic acids is 2. The van der Waals surface area contributed by atoms with E-state index in [0.717, 1.165) is 5.56 Å². The van der Waals surface area contributed by atoms with E-state index in [4.69, 9.17) is 17.3 Å². The number of carbonyl (C=O) groups is 3. The summed E-state index contributed by atoms with van der Waals surface area (Å²) in [4.78, 5) is 37.5. The largest absolute Gasteiger partial charge is 0.480 e. The van der Waals surface area contributed by atoms with E-state index >= 15 is 0 Å². The molecule has 0 saturated carbocycles. The number of benzene rings is 1. The quantitative estimate of drug-likeness (QED) is 0.632. The van der Waals surface area contributed by atoms with Gasteiger partial charge in [0.25, 0.3) is 0 Å². The molecule has 2 saturated heterocycles. The molecule has 1 unspecified atom stereocenters. The van der Waals surface area contributed by atoms with Gasteiger partial charge in [0.05, 0.1) is 0 Å². The number of nitrogens with one attached hydrogen (secondary N) is 1. The predicted molar refractivity (Wildman–Crippen MR) is 104 cm³/mol. The number of β-lactam (4-membered cyclic amide) rings is 1. The first-order valence-electron chi connectivity index (χ1n) is 8.34. The number of carboxylic acids is 1. The number of thioether (sulfide) groups is 1. The fraction of sp³-hybridized carbons (Fsp3) is 0.389. The number of nitrogens with two attached hydrogens (primary N) is 1. The Morgan fingerprint density at radius 2 is 2.00 bits per heavy atom. The molecule has 2 amide bonds. The van der Waals surface area contributed by atoms with Crippen LogP contribution in [0.3, 0.4) is 0 Å². The Morgan fingerprint density at radius 3 is 2.59 bits per heavy atom. The lowest BCUT2D eigenvalue weighted by atomic mass is 9.96. The van der Waals surface area contributed by atoms with Crippen LogP contribution in [-0.2, 0) is 14.4 Å². The van der Waals surface area contributed by atoms with E-state index in [0.29, 0.717) is 5.02 Å². The predicted octanol–water partition coefficient (Wildman–Crippen LogP) is 1.31. The maximum atomic E-state index is 12.4. The van der Waals surface area contributed by atoms with Gasteiger partial charge in [-0.1, -0.05) is 35.9 Å². The monoisotopic (exact) mass is 409 g/mol. The van der Waals surface area contributed by atoms with E-state index < -0.39 is 46.0 Å². The minimum absolute atomic E-state index is 0.396. The molecular formula is C18H20ClN3O4S. The zero-order valence-electron chi connectivity index (χ0n) is 14.8. The van der Waals surface area contributed by atoms with E-state index in [1.165, 1.54) is 22.7 Å². The van der Waals surface area contributed by atoms with Gasteiger partial charge >= 0.3 is 5.97 Å². The zero-order chi connectivity index (χ0) is 19.9. The Balaban J connectivity index is 1.62. The van der Waals surface area contributed by atoms with E-state index in [-0.39, 0.29) is 0 Å². The second-order valence-corrected chi connectivity index (χ2v) is 9.23. The molecule has 27 heavy (non-hydrogen) atoms. The highest BCUT2D eigenvalue weighted by molar-refractivity contribution is 8.01. The molecular weight excluding hydrogens is 390 g/mol. The van der Waals surface area contributed by atoms with Gasteiger partial charge in [0.1, 0.15) is 23.5 Å². The maximum absolute atomic E-state index is 12.4. The van der Waals surface area contributed by atoms with Crippen LogP contribution >= 0.6 is 23.4 Å². The molecule has 2 fully saturated rings. The van der Waals surface area contributed by atoms with E-state index in [9.17, 15) is 19.5 Å². The lowest BCUT2D eigenvalue weighted by molar-refractivity contribution is -0.161. The topological polar surface area (TPSA) is 113 Å². The highest BCUT2D eigenvalue weighted by atomic mass is 35.5. The third-order valence-electron chi connectivity index (χ3n) is 4.64. The third kappa shape index (κ3) is 3.69. The molecule has 2 aliphatic heterocycles. The van der Waals surface area contributed by atoms with Gasteiger partial charge in [0, 0.05) is 9.77 Å². The molecule has 0 radical (unpaired) electrons. The van der Waals surface area contributed by atoms with Gasteiger partial charge in [-0.2, -0.15) is 0 Å². The number of halogens is 1. The first-order chi connectivity index (χ1) is 12.6. The molecule has 1 aromatic rings. The van der Waals surface area contributed by atoms with Gasteiger partial charge in [-0.25, -0.2) is 4.79 Å². The fourth-order valence-electron chi connectivity index (χ4n) is 3.27. The standard InChI is InChI=1S/C18H20ClN3O4S/c1-18(2)13(17(25)26)22-15(24)12(16(22)27-18)21-14(23)11(20)8-5-9-3-6-10(19)7-4-9/h3-8,11-13,16H,20H2,1-2H3,(H,21,23)(H,25,26)/b8-5+/t11?,12-,13-,16+/m0/s1. The van der Waals surface area contributed by atoms with Crippen molar-refractivity contribution >= 4 is 47.2 Å². The van der Waals surface area contributed by atoms with Crippen molar-refractivity contribution in [1.29, 1.82) is 0 Å².